The number of H-pyrrole nitrogens is 1. The van der Waals surface area contributed by atoms with Gasteiger partial charge in [-0.25, -0.2) is 9.07 Å². The third-order valence-electron chi connectivity index (χ3n) is 6.38. The van der Waals surface area contributed by atoms with E-state index in [1.807, 2.05) is 55.5 Å². The van der Waals surface area contributed by atoms with Crippen molar-refractivity contribution >= 4 is 10.9 Å². The van der Waals surface area contributed by atoms with Crippen LogP contribution in [0.25, 0.3) is 10.9 Å². The molecule has 0 saturated carbocycles. The van der Waals surface area contributed by atoms with Gasteiger partial charge in [-0.1, -0.05) is 24.3 Å². The Kier molecular flexibility index (Phi) is 7.93. The van der Waals surface area contributed by atoms with Crippen molar-refractivity contribution in [3.8, 4) is 11.5 Å². The third kappa shape index (κ3) is 6.47. The quantitative estimate of drug-likeness (QED) is 0.273. The van der Waals surface area contributed by atoms with Crippen LogP contribution in [0.3, 0.4) is 0 Å². The number of aromatic nitrogens is 5. The number of halogens is 1. The summed E-state index contributed by atoms with van der Waals surface area (Å²) in [7, 11) is 1.63. The van der Waals surface area contributed by atoms with Crippen LogP contribution < -0.4 is 15.0 Å². The molecule has 0 spiro atoms. The second-order valence-corrected chi connectivity index (χ2v) is 9.18. The first kappa shape index (κ1) is 26.1. The van der Waals surface area contributed by atoms with E-state index >= 15 is 0 Å². The summed E-state index contributed by atoms with van der Waals surface area (Å²) in [4.78, 5) is 18.1. The van der Waals surface area contributed by atoms with Gasteiger partial charge < -0.3 is 14.5 Å². The summed E-state index contributed by atoms with van der Waals surface area (Å²) >= 11 is 0. The molecular formula is C29H29FN6O3. The van der Waals surface area contributed by atoms with Crippen LogP contribution in [0.2, 0.25) is 0 Å². The summed E-state index contributed by atoms with van der Waals surface area (Å²) in [5.41, 5.74) is 3.08. The second kappa shape index (κ2) is 11.9. The molecule has 0 saturated heterocycles. The van der Waals surface area contributed by atoms with E-state index < -0.39 is 0 Å². The largest absolute Gasteiger partial charge is 0.497 e. The minimum atomic E-state index is -0.301. The number of hydrogen-bond donors (Lipinski definition) is 1. The summed E-state index contributed by atoms with van der Waals surface area (Å²) in [5.74, 6) is 1.85. The molecule has 200 valence electrons. The molecule has 3 aromatic carbocycles. The molecule has 9 nitrogen and oxygen atoms in total. The molecule has 0 radical (unpaired) electrons. The van der Waals surface area contributed by atoms with E-state index in [4.69, 9.17) is 9.47 Å². The average molecular weight is 529 g/mol. The number of pyridine rings is 1. The van der Waals surface area contributed by atoms with Crippen LogP contribution in [-0.2, 0) is 26.2 Å². The number of fused-ring (bicyclic) bond motifs is 1. The molecule has 0 aliphatic carbocycles. The lowest BCUT2D eigenvalue weighted by molar-refractivity contribution is 0.236. The van der Waals surface area contributed by atoms with Gasteiger partial charge in [0.2, 0.25) is 0 Å². The number of benzene rings is 3. The minimum Gasteiger partial charge on any atom is -0.497 e. The van der Waals surface area contributed by atoms with Gasteiger partial charge >= 0.3 is 0 Å². The van der Waals surface area contributed by atoms with Crippen LogP contribution in [0.15, 0.2) is 77.6 Å². The lowest BCUT2D eigenvalue weighted by Gasteiger charge is -2.22. The topological polar surface area (TPSA) is 98.2 Å². The summed E-state index contributed by atoms with van der Waals surface area (Å²) in [6, 6.07) is 21.5. The predicted molar refractivity (Wildman–Crippen MR) is 145 cm³/mol. The molecule has 5 rings (SSSR count). The van der Waals surface area contributed by atoms with E-state index in [2.05, 4.69) is 25.4 Å². The maximum absolute atomic E-state index is 13.6. The highest BCUT2D eigenvalue weighted by Crippen LogP contribution is 2.21. The van der Waals surface area contributed by atoms with Crippen molar-refractivity contribution in [3.05, 3.63) is 111 Å². The van der Waals surface area contributed by atoms with Crippen LogP contribution in [-0.4, -0.2) is 43.8 Å². The Morgan fingerprint density at radius 2 is 1.67 bits per heavy atom. The number of nitrogens with zero attached hydrogens (tertiary/aromatic N) is 5. The van der Waals surface area contributed by atoms with Crippen LogP contribution in [0.4, 0.5) is 4.39 Å². The number of rotatable bonds is 11. The molecule has 0 fully saturated rings. The lowest BCUT2D eigenvalue weighted by atomic mass is 10.1. The molecule has 2 aromatic heterocycles. The fourth-order valence-electron chi connectivity index (χ4n) is 4.42. The van der Waals surface area contributed by atoms with E-state index in [0.717, 1.165) is 33.5 Å². The highest BCUT2D eigenvalue weighted by atomic mass is 19.1. The number of aromatic amines is 1. The van der Waals surface area contributed by atoms with E-state index in [1.54, 1.807) is 23.9 Å². The summed E-state index contributed by atoms with van der Waals surface area (Å²) in [5, 5.41) is 13.2. The first-order valence-electron chi connectivity index (χ1n) is 12.6. The van der Waals surface area contributed by atoms with Gasteiger partial charge in [0, 0.05) is 29.6 Å². The van der Waals surface area contributed by atoms with Gasteiger partial charge in [-0.15, -0.1) is 5.10 Å². The number of tetrazole rings is 1. The molecule has 2 heterocycles. The molecule has 0 aliphatic heterocycles. The second-order valence-electron chi connectivity index (χ2n) is 9.18. The molecule has 0 atom stereocenters. The molecule has 5 aromatic rings. The fourth-order valence-corrected chi connectivity index (χ4v) is 4.42. The number of methoxy groups -OCH3 is 1. The predicted octanol–water partition coefficient (Wildman–Crippen LogP) is 4.31. The molecule has 1 N–H and O–H groups in total. The Bertz CT molecular complexity index is 1600. The highest BCUT2D eigenvalue weighted by molar-refractivity contribution is 5.80. The maximum Gasteiger partial charge on any atom is 0.252 e. The van der Waals surface area contributed by atoms with Gasteiger partial charge in [0.15, 0.2) is 5.82 Å². The standard InChI is InChI=1S/C29H29FN6O3/c1-3-39-26-12-13-27-22(15-26)14-23(29(37)31-27)18-35(16-20-4-8-24(30)9-5-20)19-28-32-33-34-36(28)17-21-6-10-25(38-2)11-7-21/h4-15H,3,16-19H2,1-2H3,(H,31,37). The number of ether oxygens (including phenoxy) is 2. The molecule has 0 unspecified atom stereocenters. The third-order valence-corrected chi connectivity index (χ3v) is 6.38. The zero-order valence-electron chi connectivity index (χ0n) is 21.8. The van der Waals surface area contributed by atoms with E-state index in [9.17, 15) is 9.18 Å². The zero-order valence-corrected chi connectivity index (χ0v) is 21.8. The molecule has 10 heteroatoms. The normalized spacial score (nSPS) is 11.3. The van der Waals surface area contributed by atoms with E-state index in [0.29, 0.717) is 44.2 Å². The SMILES string of the molecule is CCOc1ccc2[nH]c(=O)c(CN(Cc3ccc(F)cc3)Cc3nnnn3Cc3ccc(OC)cc3)cc2c1. The Morgan fingerprint density at radius 1 is 0.923 bits per heavy atom. The maximum atomic E-state index is 13.6. The Labute approximate surface area is 224 Å². The van der Waals surface area contributed by atoms with Crippen molar-refractivity contribution in [1.29, 1.82) is 0 Å². The average Bonchev–Trinajstić information content (AvgIpc) is 3.37. The van der Waals surface area contributed by atoms with Gasteiger partial charge in [0.1, 0.15) is 17.3 Å². The van der Waals surface area contributed by atoms with Crippen LogP contribution in [0.1, 0.15) is 29.4 Å². The Balaban J connectivity index is 1.42. The van der Waals surface area contributed by atoms with Crippen molar-refractivity contribution in [2.75, 3.05) is 13.7 Å². The zero-order chi connectivity index (χ0) is 27.2. The van der Waals surface area contributed by atoms with Crippen molar-refractivity contribution in [3.63, 3.8) is 0 Å². The molecular weight excluding hydrogens is 499 g/mol. The fraction of sp³-hybridized carbons (Fsp3) is 0.241. The van der Waals surface area contributed by atoms with E-state index in [-0.39, 0.29) is 11.4 Å². The summed E-state index contributed by atoms with van der Waals surface area (Å²) in [6.07, 6.45) is 0. The van der Waals surface area contributed by atoms with Gasteiger partial charge in [0.25, 0.3) is 5.56 Å². The van der Waals surface area contributed by atoms with Crippen molar-refractivity contribution < 1.29 is 13.9 Å². The van der Waals surface area contributed by atoms with Crippen molar-refractivity contribution in [2.45, 2.75) is 33.1 Å². The lowest BCUT2D eigenvalue weighted by Crippen LogP contribution is -2.28. The molecule has 0 aliphatic rings. The van der Waals surface area contributed by atoms with Crippen molar-refractivity contribution in [2.24, 2.45) is 0 Å². The molecule has 0 amide bonds. The van der Waals surface area contributed by atoms with Crippen LogP contribution >= 0.6 is 0 Å². The Hall–Kier alpha value is -4.57. The molecule has 39 heavy (non-hydrogen) atoms. The smallest absolute Gasteiger partial charge is 0.252 e. The Morgan fingerprint density at radius 3 is 2.41 bits per heavy atom. The van der Waals surface area contributed by atoms with Crippen LogP contribution in [0.5, 0.6) is 11.5 Å². The van der Waals surface area contributed by atoms with Gasteiger partial charge in [-0.05, 0) is 77.0 Å². The number of nitrogens with one attached hydrogen (secondary N) is 1. The van der Waals surface area contributed by atoms with Gasteiger partial charge in [0.05, 0.1) is 26.8 Å². The summed E-state index contributed by atoms with van der Waals surface area (Å²) < 4.78 is 26.2. The van der Waals surface area contributed by atoms with Crippen LogP contribution in [0, 0.1) is 5.82 Å². The van der Waals surface area contributed by atoms with Crippen molar-refractivity contribution in [1.82, 2.24) is 30.1 Å². The van der Waals surface area contributed by atoms with Gasteiger partial charge in [-0.2, -0.15) is 0 Å². The highest BCUT2D eigenvalue weighted by Gasteiger charge is 2.16. The minimum absolute atomic E-state index is 0.173. The monoisotopic (exact) mass is 528 g/mol. The first-order chi connectivity index (χ1) is 19.0. The number of hydrogen-bond acceptors (Lipinski definition) is 7. The summed E-state index contributed by atoms with van der Waals surface area (Å²) in [6.45, 7) is 4.13. The van der Waals surface area contributed by atoms with E-state index in [1.165, 1.54) is 12.1 Å². The molecule has 0 bridgehead atoms. The first-order valence-corrected chi connectivity index (χ1v) is 12.6. The van der Waals surface area contributed by atoms with Gasteiger partial charge in [-0.3, -0.25) is 9.69 Å².